The lowest BCUT2D eigenvalue weighted by Crippen LogP contribution is -2.33. The van der Waals surface area contributed by atoms with Gasteiger partial charge < -0.3 is 10.3 Å². The number of H-pyrrole nitrogens is 1. The average Bonchev–Trinajstić information content (AvgIpc) is 3.12. The molecule has 112 valence electrons. The van der Waals surface area contributed by atoms with Crippen molar-refractivity contribution in [3.05, 3.63) is 39.6 Å². The normalized spacial score (nSPS) is 17.8. The fourth-order valence-electron chi connectivity index (χ4n) is 2.73. The van der Waals surface area contributed by atoms with E-state index in [1.165, 1.54) is 5.56 Å². The van der Waals surface area contributed by atoms with Crippen LogP contribution < -0.4 is 5.32 Å². The van der Waals surface area contributed by atoms with E-state index in [9.17, 15) is 4.79 Å². The Balaban J connectivity index is 1.61. The molecule has 2 heterocycles. The van der Waals surface area contributed by atoms with Crippen LogP contribution in [0.15, 0.2) is 16.8 Å². The second kappa shape index (κ2) is 6.02. The molecule has 0 unspecified atom stereocenters. The monoisotopic (exact) mass is 303 g/mol. The van der Waals surface area contributed by atoms with Crippen LogP contribution in [0, 0.1) is 5.92 Å². The lowest BCUT2D eigenvalue weighted by molar-refractivity contribution is -0.125. The van der Waals surface area contributed by atoms with Crippen LogP contribution in [0.2, 0.25) is 0 Å². The van der Waals surface area contributed by atoms with Crippen molar-refractivity contribution in [3.8, 4) is 0 Å². The number of imidazole rings is 1. The minimum Gasteiger partial charge on any atom is -0.352 e. The molecule has 2 aromatic heterocycles. The van der Waals surface area contributed by atoms with E-state index >= 15 is 0 Å². The molecule has 3 rings (SSSR count). The summed E-state index contributed by atoms with van der Waals surface area (Å²) in [5.41, 5.74) is 3.48. The van der Waals surface area contributed by atoms with Gasteiger partial charge in [-0.3, -0.25) is 4.79 Å². The number of aromatic nitrogens is 2. The molecule has 0 saturated carbocycles. The highest BCUT2D eigenvalue weighted by atomic mass is 32.1. The molecule has 2 aromatic rings. The number of rotatable bonds is 4. The van der Waals surface area contributed by atoms with Crippen molar-refractivity contribution in [2.75, 3.05) is 0 Å². The third kappa shape index (κ3) is 3.18. The van der Waals surface area contributed by atoms with Crippen molar-refractivity contribution in [3.63, 3.8) is 0 Å². The summed E-state index contributed by atoms with van der Waals surface area (Å²) in [4.78, 5) is 20.3. The van der Waals surface area contributed by atoms with E-state index in [1.807, 2.05) is 11.4 Å². The van der Waals surface area contributed by atoms with Crippen LogP contribution in [0.4, 0.5) is 0 Å². The smallest absolute Gasteiger partial charge is 0.223 e. The van der Waals surface area contributed by atoms with E-state index in [0.717, 1.165) is 36.5 Å². The first-order valence-electron chi connectivity index (χ1n) is 7.50. The average molecular weight is 303 g/mol. The largest absolute Gasteiger partial charge is 0.352 e. The molecule has 0 spiro atoms. The van der Waals surface area contributed by atoms with Gasteiger partial charge in [-0.15, -0.1) is 0 Å². The molecule has 0 radical (unpaired) electrons. The highest BCUT2D eigenvalue weighted by molar-refractivity contribution is 7.07. The summed E-state index contributed by atoms with van der Waals surface area (Å²) in [6.07, 6.45) is 2.57. The topological polar surface area (TPSA) is 57.8 Å². The zero-order valence-corrected chi connectivity index (χ0v) is 13.3. The van der Waals surface area contributed by atoms with Crippen LogP contribution in [0.5, 0.6) is 0 Å². The number of thiophene rings is 1. The first-order valence-corrected chi connectivity index (χ1v) is 8.44. The van der Waals surface area contributed by atoms with Gasteiger partial charge in [0.1, 0.15) is 5.82 Å². The van der Waals surface area contributed by atoms with E-state index in [0.29, 0.717) is 12.5 Å². The van der Waals surface area contributed by atoms with Crippen molar-refractivity contribution in [1.29, 1.82) is 0 Å². The number of nitrogens with one attached hydrogen (secondary N) is 2. The maximum atomic E-state index is 12.3. The maximum Gasteiger partial charge on any atom is 0.223 e. The molecule has 21 heavy (non-hydrogen) atoms. The van der Waals surface area contributed by atoms with Crippen LogP contribution in [-0.2, 0) is 24.2 Å². The summed E-state index contributed by atoms with van der Waals surface area (Å²) < 4.78 is 0. The van der Waals surface area contributed by atoms with Gasteiger partial charge in [-0.05, 0) is 35.2 Å². The summed E-state index contributed by atoms with van der Waals surface area (Å²) in [6.45, 7) is 4.90. The number of carbonyl (C=O) groups is 1. The molecule has 1 aliphatic rings. The first-order chi connectivity index (χ1) is 10.1. The molecule has 0 fully saturated rings. The summed E-state index contributed by atoms with van der Waals surface area (Å²) in [5.74, 6) is 1.67. The minimum absolute atomic E-state index is 0.0663. The fourth-order valence-corrected chi connectivity index (χ4v) is 3.40. The third-order valence-corrected chi connectivity index (χ3v) is 4.76. The van der Waals surface area contributed by atoms with Crippen LogP contribution >= 0.6 is 11.3 Å². The molecule has 1 atom stereocenters. The van der Waals surface area contributed by atoms with Gasteiger partial charge in [0.05, 0.1) is 5.69 Å². The van der Waals surface area contributed by atoms with Gasteiger partial charge >= 0.3 is 0 Å². The number of hydrogen-bond donors (Lipinski definition) is 2. The second-order valence-electron chi connectivity index (χ2n) is 5.99. The lowest BCUT2D eigenvalue weighted by atomic mass is 9.89. The number of nitrogens with zero attached hydrogens (tertiary/aromatic N) is 1. The van der Waals surface area contributed by atoms with Crippen molar-refractivity contribution in [1.82, 2.24) is 15.3 Å². The maximum absolute atomic E-state index is 12.3. The predicted molar refractivity (Wildman–Crippen MR) is 84.4 cm³/mol. The number of fused-ring (bicyclic) bond motifs is 1. The van der Waals surface area contributed by atoms with E-state index in [2.05, 4.69) is 34.5 Å². The van der Waals surface area contributed by atoms with Gasteiger partial charge in [0.25, 0.3) is 0 Å². The molecule has 2 N–H and O–H groups in total. The number of aryl methyl sites for hydroxylation is 1. The predicted octanol–water partition coefficient (Wildman–Crippen LogP) is 3.02. The lowest BCUT2D eigenvalue weighted by Gasteiger charge is -2.20. The number of carbonyl (C=O) groups excluding carboxylic acids is 1. The Kier molecular flexibility index (Phi) is 4.10. The molecule has 0 bridgehead atoms. The highest BCUT2D eigenvalue weighted by Crippen LogP contribution is 2.26. The Morgan fingerprint density at radius 3 is 3.14 bits per heavy atom. The zero-order valence-electron chi connectivity index (χ0n) is 12.5. The number of hydrogen-bond acceptors (Lipinski definition) is 3. The fraction of sp³-hybridized carbons (Fsp3) is 0.500. The molecule has 1 amide bonds. The van der Waals surface area contributed by atoms with E-state index < -0.39 is 0 Å². The molecule has 4 nitrogen and oxygen atoms in total. The zero-order chi connectivity index (χ0) is 14.8. The van der Waals surface area contributed by atoms with Crippen LogP contribution in [0.25, 0.3) is 0 Å². The van der Waals surface area contributed by atoms with Gasteiger partial charge in [0, 0.05) is 30.5 Å². The molecule has 0 saturated heterocycles. The first kappa shape index (κ1) is 14.3. The third-order valence-electron chi connectivity index (χ3n) is 4.03. The van der Waals surface area contributed by atoms with Crippen LogP contribution in [-0.4, -0.2) is 15.9 Å². The SMILES string of the molecule is CC(C)c1nc2c([nH]1)C[C@@H](C(=O)NCc1ccsc1)CC2. The van der Waals surface area contributed by atoms with Crippen LogP contribution in [0.3, 0.4) is 0 Å². The highest BCUT2D eigenvalue weighted by Gasteiger charge is 2.27. The van der Waals surface area contributed by atoms with Crippen molar-refractivity contribution >= 4 is 17.2 Å². The standard InChI is InChI=1S/C16H21N3OS/c1-10(2)15-18-13-4-3-12(7-14(13)19-15)16(20)17-8-11-5-6-21-9-11/h5-6,9-10,12H,3-4,7-8H2,1-2H3,(H,17,20)(H,18,19)/t12-/m0/s1. The molecular weight excluding hydrogens is 282 g/mol. The van der Waals surface area contributed by atoms with E-state index in [1.54, 1.807) is 11.3 Å². The number of amides is 1. The Labute approximate surface area is 129 Å². The summed E-state index contributed by atoms with van der Waals surface area (Å²) in [6, 6.07) is 2.05. The van der Waals surface area contributed by atoms with Crippen LogP contribution in [0.1, 0.15) is 49.0 Å². The second-order valence-corrected chi connectivity index (χ2v) is 6.77. The Morgan fingerprint density at radius 1 is 1.57 bits per heavy atom. The Bertz CT molecular complexity index is 616. The Hall–Kier alpha value is -1.62. The molecular formula is C16H21N3OS. The number of aromatic amines is 1. The summed E-state index contributed by atoms with van der Waals surface area (Å²) in [7, 11) is 0. The minimum atomic E-state index is 0.0663. The van der Waals surface area contributed by atoms with Gasteiger partial charge in [0.15, 0.2) is 0 Å². The Morgan fingerprint density at radius 2 is 2.43 bits per heavy atom. The quantitative estimate of drug-likeness (QED) is 0.912. The van der Waals surface area contributed by atoms with Gasteiger partial charge in [0.2, 0.25) is 5.91 Å². The molecule has 5 heteroatoms. The van der Waals surface area contributed by atoms with Crippen molar-refractivity contribution in [2.45, 2.75) is 45.6 Å². The molecule has 0 aliphatic heterocycles. The van der Waals surface area contributed by atoms with Crippen molar-refractivity contribution < 1.29 is 4.79 Å². The molecule has 1 aliphatic carbocycles. The van der Waals surface area contributed by atoms with E-state index in [-0.39, 0.29) is 11.8 Å². The van der Waals surface area contributed by atoms with Crippen molar-refractivity contribution in [2.24, 2.45) is 5.92 Å². The molecule has 0 aromatic carbocycles. The van der Waals surface area contributed by atoms with Gasteiger partial charge in [-0.1, -0.05) is 13.8 Å². The summed E-state index contributed by atoms with van der Waals surface area (Å²) in [5, 5.41) is 7.16. The summed E-state index contributed by atoms with van der Waals surface area (Å²) >= 11 is 1.66. The van der Waals surface area contributed by atoms with Gasteiger partial charge in [-0.25, -0.2) is 4.98 Å². The van der Waals surface area contributed by atoms with Gasteiger partial charge in [-0.2, -0.15) is 11.3 Å². The van der Waals surface area contributed by atoms with E-state index in [4.69, 9.17) is 0 Å².